The first-order valence-corrected chi connectivity index (χ1v) is 9.18. The molecule has 0 aliphatic carbocycles. The fraction of sp³-hybridized carbons (Fsp3) is 0.533. The van der Waals surface area contributed by atoms with E-state index in [9.17, 15) is 13.2 Å². The van der Waals surface area contributed by atoms with Crippen molar-refractivity contribution in [2.24, 2.45) is 0 Å². The van der Waals surface area contributed by atoms with E-state index in [2.05, 4.69) is 0 Å². The van der Waals surface area contributed by atoms with Crippen LogP contribution in [0.15, 0.2) is 12.1 Å². The van der Waals surface area contributed by atoms with Gasteiger partial charge in [-0.25, -0.2) is 8.42 Å². The number of methoxy groups -OCH3 is 1. The third kappa shape index (κ3) is 3.08. The van der Waals surface area contributed by atoms with Gasteiger partial charge in [0.2, 0.25) is 5.75 Å². The van der Waals surface area contributed by atoms with Gasteiger partial charge in [-0.15, -0.1) is 0 Å². The van der Waals surface area contributed by atoms with E-state index in [-0.39, 0.29) is 23.5 Å². The zero-order valence-electron chi connectivity index (χ0n) is 13.1. The Bertz CT molecular complexity index is 712. The minimum atomic E-state index is -3.05. The summed E-state index contributed by atoms with van der Waals surface area (Å²) in [5.74, 6) is 1.25. The fourth-order valence-corrected chi connectivity index (χ4v) is 4.62. The molecule has 1 amide bonds. The predicted octanol–water partition coefficient (Wildman–Crippen LogP) is 0.726. The summed E-state index contributed by atoms with van der Waals surface area (Å²) in [7, 11) is 0.0706. The maximum atomic E-state index is 12.7. The van der Waals surface area contributed by atoms with E-state index >= 15 is 0 Å². The number of nitrogens with zero attached hydrogens (tertiary/aromatic N) is 1. The lowest BCUT2D eigenvalue weighted by molar-refractivity contribution is 0.0746. The minimum absolute atomic E-state index is 0.0108. The molecule has 2 heterocycles. The van der Waals surface area contributed by atoms with Crippen LogP contribution in [-0.4, -0.2) is 64.1 Å². The topological polar surface area (TPSA) is 82.1 Å². The summed E-state index contributed by atoms with van der Waals surface area (Å²) in [6.07, 6.45) is 0.465. The molecule has 2 aliphatic rings. The standard InChI is InChI=1S/C15H19NO6S/c1-16(11-3-6-23(18,19)9-11)15(17)10-7-12(20-2)14-13(8-10)21-4-5-22-14/h7-8,11H,3-6,9H2,1-2H3/t11-/m0/s1. The zero-order chi connectivity index (χ0) is 16.6. The molecule has 8 heteroatoms. The number of sulfone groups is 1. The summed E-state index contributed by atoms with van der Waals surface area (Å²) < 4.78 is 39.5. The molecule has 0 spiro atoms. The van der Waals surface area contributed by atoms with E-state index in [1.165, 1.54) is 12.0 Å². The Morgan fingerprint density at radius 2 is 2.04 bits per heavy atom. The van der Waals surface area contributed by atoms with Crippen molar-refractivity contribution < 1.29 is 27.4 Å². The van der Waals surface area contributed by atoms with Crippen LogP contribution < -0.4 is 14.2 Å². The monoisotopic (exact) mass is 341 g/mol. The molecule has 23 heavy (non-hydrogen) atoms. The van der Waals surface area contributed by atoms with Crippen molar-refractivity contribution >= 4 is 15.7 Å². The molecule has 1 aromatic carbocycles. The van der Waals surface area contributed by atoms with Crippen molar-refractivity contribution in [3.63, 3.8) is 0 Å². The van der Waals surface area contributed by atoms with Gasteiger partial charge in [0, 0.05) is 18.7 Å². The molecule has 1 saturated heterocycles. The third-order valence-corrected chi connectivity index (χ3v) is 5.90. The summed E-state index contributed by atoms with van der Waals surface area (Å²) in [6, 6.07) is 2.90. The number of carbonyl (C=O) groups excluding carboxylic acids is 1. The number of fused-ring (bicyclic) bond motifs is 1. The number of amides is 1. The van der Waals surface area contributed by atoms with E-state index < -0.39 is 9.84 Å². The summed E-state index contributed by atoms with van der Waals surface area (Å²) >= 11 is 0. The molecule has 0 saturated carbocycles. The Labute approximate surface area is 135 Å². The maximum Gasteiger partial charge on any atom is 0.254 e. The minimum Gasteiger partial charge on any atom is -0.493 e. The van der Waals surface area contributed by atoms with Gasteiger partial charge >= 0.3 is 0 Å². The van der Waals surface area contributed by atoms with Crippen molar-refractivity contribution in [1.29, 1.82) is 0 Å². The van der Waals surface area contributed by atoms with Crippen LogP contribution in [0, 0.1) is 0 Å². The highest BCUT2D eigenvalue weighted by Crippen LogP contribution is 2.40. The van der Waals surface area contributed by atoms with Gasteiger partial charge in [-0.05, 0) is 18.6 Å². The predicted molar refractivity (Wildman–Crippen MR) is 83.1 cm³/mol. The zero-order valence-corrected chi connectivity index (χ0v) is 13.9. The number of hydrogen-bond donors (Lipinski definition) is 0. The Hall–Kier alpha value is -1.96. The van der Waals surface area contributed by atoms with Crippen LogP contribution in [-0.2, 0) is 9.84 Å². The van der Waals surface area contributed by atoms with E-state index in [1.807, 2.05) is 0 Å². The Morgan fingerprint density at radius 1 is 1.30 bits per heavy atom. The summed E-state index contributed by atoms with van der Waals surface area (Å²) in [5, 5.41) is 0. The van der Waals surface area contributed by atoms with Crippen LogP contribution in [0.5, 0.6) is 17.2 Å². The van der Waals surface area contributed by atoms with Crippen molar-refractivity contribution in [2.45, 2.75) is 12.5 Å². The molecule has 7 nitrogen and oxygen atoms in total. The Morgan fingerprint density at radius 3 is 2.70 bits per heavy atom. The molecule has 126 valence electrons. The quantitative estimate of drug-likeness (QED) is 0.806. The highest BCUT2D eigenvalue weighted by molar-refractivity contribution is 7.91. The number of hydrogen-bond acceptors (Lipinski definition) is 6. The first-order chi connectivity index (χ1) is 10.9. The molecule has 0 radical (unpaired) electrons. The molecule has 2 aliphatic heterocycles. The van der Waals surface area contributed by atoms with Crippen molar-refractivity contribution in [3.05, 3.63) is 17.7 Å². The number of benzene rings is 1. The molecular formula is C15H19NO6S. The molecule has 0 bridgehead atoms. The van der Waals surface area contributed by atoms with Gasteiger partial charge < -0.3 is 19.1 Å². The normalized spacial score (nSPS) is 21.7. The molecule has 0 aromatic heterocycles. The highest BCUT2D eigenvalue weighted by Gasteiger charge is 2.33. The average molecular weight is 341 g/mol. The lowest BCUT2D eigenvalue weighted by atomic mass is 10.1. The molecule has 1 atom stereocenters. The van der Waals surface area contributed by atoms with Gasteiger partial charge in [-0.2, -0.15) is 0 Å². The van der Waals surface area contributed by atoms with Gasteiger partial charge in [0.25, 0.3) is 5.91 Å². The second-order valence-electron chi connectivity index (χ2n) is 5.68. The van der Waals surface area contributed by atoms with Crippen LogP contribution >= 0.6 is 0 Å². The number of ether oxygens (including phenoxy) is 3. The second-order valence-corrected chi connectivity index (χ2v) is 7.90. The van der Waals surface area contributed by atoms with E-state index in [1.54, 1.807) is 19.2 Å². The first-order valence-electron chi connectivity index (χ1n) is 7.36. The number of rotatable bonds is 3. The van der Waals surface area contributed by atoms with Crippen LogP contribution in [0.2, 0.25) is 0 Å². The molecule has 3 rings (SSSR count). The maximum absolute atomic E-state index is 12.7. The molecular weight excluding hydrogens is 322 g/mol. The van der Waals surface area contributed by atoms with E-state index in [0.717, 1.165) is 0 Å². The summed E-state index contributed by atoms with van der Waals surface area (Å²) in [4.78, 5) is 14.2. The fourth-order valence-electron chi connectivity index (χ4n) is 2.85. The van der Waals surface area contributed by atoms with Crippen LogP contribution in [0.3, 0.4) is 0 Å². The van der Waals surface area contributed by atoms with E-state index in [0.29, 0.717) is 42.4 Å². The Kier molecular flexibility index (Phi) is 4.09. The number of carbonyl (C=O) groups is 1. The van der Waals surface area contributed by atoms with Gasteiger partial charge in [0.15, 0.2) is 21.3 Å². The van der Waals surface area contributed by atoms with Gasteiger partial charge in [0.05, 0.1) is 18.6 Å². The first kappa shape index (κ1) is 15.9. The third-order valence-electron chi connectivity index (χ3n) is 4.15. The molecule has 1 aromatic rings. The van der Waals surface area contributed by atoms with Crippen LogP contribution in [0.4, 0.5) is 0 Å². The van der Waals surface area contributed by atoms with Gasteiger partial charge in [0.1, 0.15) is 13.2 Å². The highest BCUT2D eigenvalue weighted by atomic mass is 32.2. The lowest BCUT2D eigenvalue weighted by Gasteiger charge is -2.25. The largest absolute Gasteiger partial charge is 0.493 e. The smallest absolute Gasteiger partial charge is 0.254 e. The average Bonchev–Trinajstić information content (AvgIpc) is 2.92. The Balaban J connectivity index is 1.87. The summed E-state index contributed by atoms with van der Waals surface area (Å²) in [6.45, 7) is 0.834. The van der Waals surface area contributed by atoms with Crippen molar-refractivity contribution in [2.75, 3.05) is 38.9 Å². The molecule has 1 fully saturated rings. The SMILES string of the molecule is COc1cc(C(=O)N(C)[C@H]2CCS(=O)(=O)C2)cc2c1OCCO2. The summed E-state index contributed by atoms with van der Waals surface area (Å²) in [5.41, 5.74) is 0.387. The van der Waals surface area contributed by atoms with E-state index in [4.69, 9.17) is 14.2 Å². The van der Waals surface area contributed by atoms with Gasteiger partial charge in [-0.3, -0.25) is 4.79 Å². The molecule has 0 N–H and O–H groups in total. The molecule has 0 unspecified atom stereocenters. The van der Waals surface area contributed by atoms with Crippen molar-refractivity contribution in [3.8, 4) is 17.2 Å². The van der Waals surface area contributed by atoms with Crippen LogP contribution in [0.25, 0.3) is 0 Å². The van der Waals surface area contributed by atoms with Gasteiger partial charge in [-0.1, -0.05) is 0 Å². The lowest BCUT2D eigenvalue weighted by Crippen LogP contribution is -2.37. The van der Waals surface area contributed by atoms with Crippen molar-refractivity contribution in [1.82, 2.24) is 4.90 Å². The van der Waals surface area contributed by atoms with Crippen LogP contribution in [0.1, 0.15) is 16.8 Å². The second kappa shape index (κ2) is 5.92.